The van der Waals surface area contributed by atoms with Gasteiger partial charge in [0.1, 0.15) is 0 Å². The number of unbranched alkanes of at least 4 members (excludes halogenated alkanes) is 3. The minimum absolute atomic E-state index is 0.0529. The van der Waals surface area contributed by atoms with Crippen molar-refractivity contribution in [3.05, 3.63) is 18.6 Å². The van der Waals surface area contributed by atoms with Crippen LogP contribution in [-0.4, -0.2) is 46.1 Å². The summed E-state index contributed by atoms with van der Waals surface area (Å²) < 4.78 is 47.5. The van der Waals surface area contributed by atoms with Crippen molar-refractivity contribution in [2.45, 2.75) is 78.8 Å². The molecule has 2 heterocycles. The topological polar surface area (TPSA) is 47.9 Å². The van der Waals surface area contributed by atoms with E-state index in [1.54, 1.807) is 6.20 Å². The van der Waals surface area contributed by atoms with Crippen LogP contribution in [0.25, 0.3) is 10.9 Å². The molecule has 0 radical (unpaired) electrons. The molecule has 0 spiro atoms. The standard InChI is InChI=1S/C9H5F3N3O.3C4H9.Sn/c10-9(11,12)4-16-8-6-3-13-2-1-7(6)14-5-15-8;3*1-3-4-2;/h1,3,5H,4H2;3*1,3-4H2,2H3;. The number of rotatable bonds is 12. The van der Waals surface area contributed by atoms with Crippen LogP contribution in [0.4, 0.5) is 13.2 Å². The fourth-order valence-corrected chi connectivity index (χ4v) is 19.2. The van der Waals surface area contributed by atoms with Crippen LogP contribution in [0.1, 0.15) is 59.3 Å². The van der Waals surface area contributed by atoms with E-state index in [1.807, 2.05) is 6.07 Å². The number of hydrogen-bond donors (Lipinski definition) is 0. The van der Waals surface area contributed by atoms with Crippen molar-refractivity contribution >= 4 is 33.0 Å². The second-order valence-electron chi connectivity index (χ2n) is 7.76. The number of ether oxygens (including phenoxy) is 1. The fourth-order valence-electron chi connectivity index (χ4n) is 3.79. The van der Waals surface area contributed by atoms with Crippen molar-refractivity contribution in [2.24, 2.45) is 0 Å². The predicted molar refractivity (Wildman–Crippen MR) is 113 cm³/mol. The zero-order chi connectivity index (χ0) is 21.3. The second kappa shape index (κ2) is 11.3. The van der Waals surface area contributed by atoms with Gasteiger partial charge in [-0.3, -0.25) is 0 Å². The molecule has 8 heteroatoms. The Morgan fingerprint density at radius 1 is 0.897 bits per heavy atom. The summed E-state index contributed by atoms with van der Waals surface area (Å²) >= 11 is -2.73. The first-order valence-electron chi connectivity index (χ1n) is 10.7. The second-order valence-corrected chi connectivity index (χ2v) is 20.8. The van der Waals surface area contributed by atoms with E-state index in [0.717, 1.165) is 0 Å². The first-order chi connectivity index (χ1) is 13.8. The van der Waals surface area contributed by atoms with Crippen LogP contribution in [0.3, 0.4) is 0 Å². The molecule has 0 amide bonds. The molecular weight excluding hydrogens is 486 g/mol. The van der Waals surface area contributed by atoms with Gasteiger partial charge in [0.15, 0.2) is 0 Å². The normalized spacial score (nSPS) is 12.5. The summed E-state index contributed by atoms with van der Waals surface area (Å²) in [5.41, 5.74) is 0.632. The Morgan fingerprint density at radius 2 is 1.48 bits per heavy atom. The van der Waals surface area contributed by atoms with Gasteiger partial charge in [-0.15, -0.1) is 0 Å². The Kier molecular flexibility index (Phi) is 9.43. The minimum atomic E-state index is -4.41. The number of aromatic nitrogens is 3. The molecular formula is C21H32F3N3OSn. The molecule has 0 saturated carbocycles. The molecule has 0 N–H and O–H groups in total. The number of hydrogen-bond acceptors (Lipinski definition) is 4. The summed E-state index contributed by atoms with van der Waals surface area (Å²) in [4.78, 5) is 13.0. The van der Waals surface area contributed by atoms with Crippen LogP contribution in [0.15, 0.2) is 18.6 Å². The summed E-state index contributed by atoms with van der Waals surface area (Å²) in [6.07, 6.45) is 5.65. The molecule has 4 nitrogen and oxygen atoms in total. The molecule has 0 aliphatic heterocycles. The fraction of sp³-hybridized carbons (Fsp3) is 0.667. The van der Waals surface area contributed by atoms with Crippen LogP contribution in [-0.2, 0) is 0 Å². The van der Waals surface area contributed by atoms with E-state index in [2.05, 4.69) is 30.7 Å². The van der Waals surface area contributed by atoms with Crippen molar-refractivity contribution in [1.29, 1.82) is 0 Å². The molecule has 0 fully saturated rings. The third-order valence-corrected chi connectivity index (χ3v) is 20.5. The zero-order valence-corrected chi connectivity index (χ0v) is 20.5. The number of pyridine rings is 1. The van der Waals surface area contributed by atoms with Crippen molar-refractivity contribution in [3.8, 4) is 5.88 Å². The summed E-state index contributed by atoms with van der Waals surface area (Å²) in [5.74, 6) is -0.0529. The van der Waals surface area contributed by atoms with Gasteiger partial charge in [0.05, 0.1) is 0 Å². The van der Waals surface area contributed by atoms with Gasteiger partial charge < -0.3 is 0 Å². The van der Waals surface area contributed by atoms with E-state index in [-0.39, 0.29) is 5.88 Å². The number of alkyl halides is 3. The van der Waals surface area contributed by atoms with E-state index in [9.17, 15) is 13.2 Å². The van der Waals surface area contributed by atoms with E-state index < -0.39 is 31.2 Å². The van der Waals surface area contributed by atoms with Crippen molar-refractivity contribution in [2.75, 3.05) is 6.61 Å². The van der Waals surface area contributed by atoms with Gasteiger partial charge in [-0.1, -0.05) is 0 Å². The van der Waals surface area contributed by atoms with Gasteiger partial charge in [-0.05, 0) is 0 Å². The molecule has 0 saturated heterocycles. The Hall–Kier alpha value is -1.12. The number of nitrogens with zero attached hydrogens (tertiary/aromatic N) is 3. The summed E-state index contributed by atoms with van der Waals surface area (Å²) in [5, 5.41) is 0.446. The Morgan fingerprint density at radius 3 is 2.00 bits per heavy atom. The van der Waals surface area contributed by atoms with Crippen LogP contribution < -0.4 is 8.45 Å². The molecule has 0 bridgehead atoms. The Balaban J connectivity index is 2.43. The average Bonchev–Trinajstić information content (AvgIpc) is 2.71. The summed E-state index contributed by atoms with van der Waals surface area (Å²) in [7, 11) is 0. The van der Waals surface area contributed by atoms with Crippen LogP contribution in [0, 0.1) is 0 Å². The molecule has 2 aromatic heterocycles. The number of fused-ring (bicyclic) bond motifs is 1. The first kappa shape index (κ1) is 24.2. The summed E-state index contributed by atoms with van der Waals surface area (Å²) in [6, 6.07) is 2.02. The van der Waals surface area contributed by atoms with Gasteiger partial charge in [-0.2, -0.15) is 0 Å². The van der Waals surface area contributed by atoms with Gasteiger partial charge in [0.2, 0.25) is 0 Å². The predicted octanol–water partition coefficient (Wildman–Crippen LogP) is 6.02. The number of halogens is 3. The summed E-state index contributed by atoms with van der Waals surface area (Å²) in [6.45, 7) is 5.30. The zero-order valence-electron chi connectivity index (χ0n) is 17.7. The van der Waals surface area contributed by atoms with Crippen molar-refractivity contribution in [1.82, 2.24) is 15.0 Å². The quantitative estimate of drug-likeness (QED) is 0.323. The van der Waals surface area contributed by atoms with Crippen LogP contribution >= 0.6 is 0 Å². The van der Waals surface area contributed by atoms with E-state index in [4.69, 9.17) is 9.72 Å². The molecule has 0 unspecified atom stereocenters. The van der Waals surface area contributed by atoms with Gasteiger partial charge in [0, 0.05) is 0 Å². The molecule has 2 aromatic rings. The van der Waals surface area contributed by atoms with Crippen LogP contribution in [0.5, 0.6) is 5.88 Å². The molecule has 0 aliphatic rings. The monoisotopic (exact) mass is 519 g/mol. The van der Waals surface area contributed by atoms with Crippen molar-refractivity contribution in [3.63, 3.8) is 0 Å². The van der Waals surface area contributed by atoms with Gasteiger partial charge >= 0.3 is 176 Å². The average molecular weight is 518 g/mol. The van der Waals surface area contributed by atoms with Crippen LogP contribution in [0.2, 0.25) is 13.3 Å². The molecule has 2 rings (SSSR count). The van der Waals surface area contributed by atoms with Crippen molar-refractivity contribution < 1.29 is 17.9 Å². The third kappa shape index (κ3) is 6.96. The molecule has 29 heavy (non-hydrogen) atoms. The Bertz CT molecular complexity index is 749. The van der Waals surface area contributed by atoms with E-state index in [0.29, 0.717) is 10.9 Å². The third-order valence-electron chi connectivity index (χ3n) is 5.43. The molecule has 0 aliphatic carbocycles. The van der Waals surface area contributed by atoms with E-state index >= 15 is 0 Å². The Labute approximate surface area is 175 Å². The molecule has 0 aromatic carbocycles. The van der Waals surface area contributed by atoms with Gasteiger partial charge in [-0.25, -0.2) is 0 Å². The maximum atomic E-state index is 12.5. The van der Waals surface area contributed by atoms with Gasteiger partial charge in [0.25, 0.3) is 0 Å². The van der Waals surface area contributed by atoms with E-state index in [1.165, 1.54) is 61.9 Å². The SMILES string of the molecule is CCC[CH2][Sn]([CH2]CCC)([CH2]CCC)[c]1cc2ncnc(OCC(F)(F)F)c2cn1. The molecule has 0 atom stereocenters. The first-order valence-corrected chi connectivity index (χ1v) is 18.1. The molecule has 162 valence electrons. The maximum absolute atomic E-state index is 12.5.